The van der Waals surface area contributed by atoms with E-state index < -0.39 is 5.25 Å². The number of aromatic nitrogens is 4. The Morgan fingerprint density at radius 2 is 1.93 bits per heavy atom. The normalized spacial score (nSPS) is 13.1. The van der Waals surface area contributed by atoms with Gasteiger partial charge in [-0.1, -0.05) is 41.6 Å². The monoisotopic (exact) mass is 403 g/mol. The molecule has 0 unspecified atom stereocenters. The number of hydrogen-bond acceptors (Lipinski definition) is 7. The van der Waals surface area contributed by atoms with Crippen molar-refractivity contribution in [2.45, 2.75) is 24.3 Å². The fraction of sp³-hybridized carbons (Fsp3) is 0.143. The van der Waals surface area contributed by atoms with Gasteiger partial charge in [0.1, 0.15) is 17.4 Å². The van der Waals surface area contributed by atoms with Crippen molar-refractivity contribution in [3.63, 3.8) is 0 Å². The number of aryl methyl sites for hydroxylation is 1. The number of benzene rings is 2. The quantitative estimate of drug-likeness (QED) is 0.277. The molecule has 0 amide bonds. The number of rotatable bonds is 5. The Morgan fingerprint density at radius 3 is 2.66 bits per heavy atom. The van der Waals surface area contributed by atoms with Crippen molar-refractivity contribution in [2.75, 3.05) is 0 Å². The lowest BCUT2D eigenvalue weighted by molar-refractivity contribution is 0.399. The van der Waals surface area contributed by atoms with Gasteiger partial charge in [-0.15, -0.1) is 10.2 Å². The highest BCUT2D eigenvalue weighted by Gasteiger charge is 2.21. The first-order valence-corrected chi connectivity index (χ1v) is 9.78. The van der Waals surface area contributed by atoms with Crippen LogP contribution in [0, 0.1) is 18.3 Å². The van der Waals surface area contributed by atoms with Crippen LogP contribution in [-0.4, -0.2) is 30.5 Å². The molecule has 29 heavy (non-hydrogen) atoms. The van der Waals surface area contributed by atoms with Gasteiger partial charge in [-0.25, -0.2) is 4.98 Å². The summed E-state index contributed by atoms with van der Waals surface area (Å²) < 4.78 is 5.70. The van der Waals surface area contributed by atoms with Crippen molar-refractivity contribution in [1.29, 1.82) is 5.26 Å². The van der Waals surface area contributed by atoms with Crippen molar-refractivity contribution in [3.8, 4) is 17.5 Å². The fourth-order valence-corrected chi connectivity index (χ4v) is 3.53. The smallest absolute Gasteiger partial charge is 0.277 e. The highest BCUT2D eigenvalue weighted by Crippen LogP contribution is 2.31. The van der Waals surface area contributed by atoms with Gasteiger partial charge in [0.25, 0.3) is 5.22 Å². The predicted octanol–water partition coefficient (Wildman–Crippen LogP) is 4.89. The van der Waals surface area contributed by atoms with Crippen LogP contribution in [0.25, 0.3) is 28.1 Å². The zero-order valence-corrected chi connectivity index (χ0v) is 16.6. The molecule has 0 aliphatic rings. The molecule has 0 bridgehead atoms. The SMILES string of the molecule is Cc1ccc(-c2nnc(S[C@H](C)/C(O)=C(\C#N)c3nc4ccccc4[nH]3)o2)cc1. The van der Waals surface area contributed by atoms with E-state index in [1.807, 2.05) is 61.5 Å². The maximum absolute atomic E-state index is 10.7. The lowest BCUT2D eigenvalue weighted by Gasteiger charge is -2.08. The number of aliphatic hydroxyl groups is 1. The average molecular weight is 403 g/mol. The van der Waals surface area contributed by atoms with Gasteiger partial charge in [0.05, 0.1) is 16.3 Å². The van der Waals surface area contributed by atoms with E-state index in [9.17, 15) is 10.4 Å². The largest absolute Gasteiger partial charge is 0.510 e. The summed E-state index contributed by atoms with van der Waals surface area (Å²) in [4.78, 5) is 7.45. The molecular formula is C21H17N5O2S. The number of nitrogens with one attached hydrogen (secondary N) is 1. The second-order valence-corrected chi connectivity index (χ2v) is 7.77. The molecule has 0 aliphatic carbocycles. The summed E-state index contributed by atoms with van der Waals surface area (Å²) in [7, 11) is 0. The summed E-state index contributed by atoms with van der Waals surface area (Å²) >= 11 is 1.17. The molecule has 2 heterocycles. The molecule has 0 saturated heterocycles. The van der Waals surface area contributed by atoms with Gasteiger partial charge in [0.15, 0.2) is 5.82 Å². The van der Waals surface area contributed by atoms with Crippen molar-refractivity contribution in [1.82, 2.24) is 20.2 Å². The van der Waals surface area contributed by atoms with Crippen LogP contribution in [0.3, 0.4) is 0 Å². The van der Waals surface area contributed by atoms with Gasteiger partial charge >= 0.3 is 0 Å². The average Bonchev–Trinajstić information content (AvgIpc) is 3.36. The Balaban J connectivity index is 1.57. The summed E-state index contributed by atoms with van der Waals surface area (Å²) in [6, 6.07) is 17.2. The van der Waals surface area contributed by atoms with E-state index in [4.69, 9.17) is 4.42 Å². The first-order chi connectivity index (χ1) is 14.0. The number of aromatic amines is 1. The molecule has 4 aromatic rings. The minimum absolute atomic E-state index is 0.0828. The fourth-order valence-electron chi connectivity index (χ4n) is 2.78. The lowest BCUT2D eigenvalue weighted by atomic mass is 10.1. The van der Waals surface area contributed by atoms with Crippen LogP contribution in [-0.2, 0) is 0 Å². The zero-order chi connectivity index (χ0) is 20.4. The Hall–Kier alpha value is -3.57. The van der Waals surface area contributed by atoms with Gasteiger partial charge in [-0.3, -0.25) is 0 Å². The summed E-state index contributed by atoms with van der Waals surface area (Å²) in [6.45, 7) is 3.76. The molecule has 0 spiro atoms. The van der Waals surface area contributed by atoms with Crippen molar-refractivity contribution < 1.29 is 9.52 Å². The second kappa shape index (κ2) is 7.81. The summed E-state index contributed by atoms with van der Waals surface area (Å²) in [6.07, 6.45) is 0. The van der Waals surface area contributed by atoms with Crippen molar-refractivity contribution in [2.24, 2.45) is 0 Å². The van der Waals surface area contributed by atoms with E-state index >= 15 is 0 Å². The number of nitriles is 1. The van der Waals surface area contributed by atoms with Crippen LogP contribution in [0.5, 0.6) is 0 Å². The topological polar surface area (TPSA) is 112 Å². The number of nitrogens with zero attached hydrogens (tertiary/aromatic N) is 4. The van der Waals surface area contributed by atoms with E-state index in [1.54, 1.807) is 6.92 Å². The summed E-state index contributed by atoms with van der Waals surface area (Å²) in [5.41, 5.74) is 3.56. The second-order valence-electron chi connectivity index (χ2n) is 6.47. The molecule has 0 saturated carbocycles. The molecule has 1 atom stereocenters. The molecular weight excluding hydrogens is 386 g/mol. The maximum Gasteiger partial charge on any atom is 0.277 e. The molecule has 2 aromatic carbocycles. The Labute approximate surface area is 171 Å². The Bertz CT molecular complexity index is 1200. The molecule has 144 valence electrons. The number of para-hydroxylation sites is 2. The van der Waals surface area contributed by atoms with E-state index in [-0.39, 0.29) is 11.3 Å². The zero-order valence-electron chi connectivity index (χ0n) is 15.7. The molecule has 7 nitrogen and oxygen atoms in total. The maximum atomic E-state index is 10.7. The molecule has 0 aliphatic heterocycles. The van der Waals surface area contributed by atoms with E-state index in [0.717, 1.165) is 22.2 Å². The first kappa shape index (κ1) is 18.8. The van der Waals surface area contributed by atoms with Crippen LogP contribution in [0.15, 0.2) is 63.9 Å². The minimum atomic E-state index is -0.482. The summed E-state index contributed by atoms with van der Waals surface area (Å²) in [5.74, 6) is 0.622. The van der Waals surface area contributed by atoms with Crippen LogP contribution < -0.4 is 0 Å². The van der Waals surface area contributed by atoms with Gasteiger partial charge < -0.3 is 14.5 Å². The van der Waals surface area contributed by atoms with Crippen LogP contribution in [0.2, 0.25) is 0 Å². The molecule has 0 radical (unpaired) electrons. The number of hydrogen-bond donors (Lipinski definition) is 2. The Morgan fingerprint density at radius 1 is 1.17 bits per heavy atom. The van der Waals surface area contributed by atoms with E-state index in [1.165, 1.54) is 11.8 Å². The number of aliphatic hydroxyl groups excluding tert-OH is 1. The molecule has 2 aromatic heterocycles. The number of thioether (sulfide) groups is 1. The van der Waals surface area contributed by atoms with Gasteiger partial charge in [-0.2, -0.15) is 5.26 Å². The van der Waals surface area contributed by atoms with Crippen LogP contribution in [0.4, 0.5) is 0 Å². The standard InChI is InChI=1S/C21H17N5O2S/c1-12-7-9-14(10-8-12)20-25-26-21(28-20)29-13(2)18(27)15(11-22)19-23-16-5-3-4-6-17(16)24-19/h3-10,13,27H,1-2H3,(H,23,24)/b18-15-/t13-/m1/s1. The molecule has 0 fully saturated rings. The highest BCUT2D eigenvalue weighted by molar-refractivity contribution is 7.99. The number of imidazole rings is 1. The molecule has 2 N–H and O–H groups in total. The van der Waals surface area contributed by atoms with E-state index in [2.05, 4.69) is 20.2 Å². The minimum Gasteiger partial charge on any atom is -0.510 e. The first-order valence-electron chi connectivity index (χ1n) is 8.90. The molecule has 8 heteroatoms. The third-order valence-corrected chi connectivity index (χ3v) is 5.31. The van der Waals surface area contributed by atoms with Gasteiger partial charge in [0.2, 0.25) is 5.89 Å². The predicted molar refractivity (Wildman–Crippen MR) is 111 cm³/mol. The van der Waals surface area contributed by atoms with Crippen molar-refractivity contribution in [3.05, 3.63) is 65.7 Å². The van der Waals surface area contributed by atoms with Gasteiger partial charge in [0, 0.05) is 5.56 Å². The number of H-pyrrole nitrogens is 1. The van der Waals surface area contributed by atoms with Gasteiger partial charge in [-0.05, 0) is 38.1 Å². The molecule has 4 rings (SSSR count). The Kier molecular flexibility index (Phi) is 5.06. The number of fused-ring (bicyclic) bond motifs is 1. The lowest BCUT2D eigenvalue weighted by Crippen LogP contribution is -2.04. The number of allylic oxidation sites excluding steroid dienone is 1. The van der Waals surface area contributed by atoms with Crippen molar-refractivity contribution >= 4 is 28.4 Å². The third-order valence-electron chi connectivity index (χ3n) is 4.36. The summed E-state index contributed by atoms with van der Waals surface area (Å²) in [5, 5.41) is 28.2. The highest BCUT2D eigenvalue weighted by atomic mass is 32.2. The van der Waals surface area contributed by atoms with E-state index in [0.29, 0.717) is 16.9 Å². The third kappa shape index (κ3) is 3.86. The van der Waals surface area contributed by atoms with Crippen LogP contribution in [0.1, 0.15) is 18.3 Å². The van der Waals surface area contributed by atoms with Crippen LogP contribution >= 0.6 is 11.8 Å².